The van der Waals surface area contributed by atoms with Crippen LogP contribution in [0.5, 0.6) is 0 Å². The Morgan fingerprint density at radius 3 is 1.86 bits per heavy atom. The smallest absolute Gasteiger partial charge is 0.164 e. The molecule has 0 saturated carbocycles. The Hall–Kier alpha value is -6.59. The van der Waals surface area contributed by atoms with Gasteiger partial charge in [-0.15, -0.1) is 0 Å². The molecule has 0 fully saturated rings. The van der Waals surface area contributed by atoms with Crippen molar-refractivity contribution >= 4 is 50.0 Å². The largest absolute Gasteiger partial charge is 0.456 e. The lowest BCUT2D eigenvalue weighted by Gasteiger charge is -2.11. The van der Waals surface area contributed by atoms with Gasteiger partial charge in [0.2, 0.25) is 0 Å². The highest BCUT2D eigenvalue weighted by atomic mass is 16.3. The first-order chi connectivity index (χ1) is 24.1. The Morgan fingerprint density at radius 2 is 1.08 bits per heavy atom. The molecule has 0 aliphatic rings. The highest BCUT2D eigenvalue weighted by Gasteiger charge is 2.16. The molecule has 0 aliphatic heterocycles. The number of allylic oxidation sites excluding steroid dienone is 2. The normalized spacial score (nSPS) is 11.8. The fourth-order valence-electron chi connectivity index (χ4n) is 6.57. The maximum atomic E-state index is 6.22. The third kappa shape index (κ3) is 5.00. The van der Waals surface area contributed by atoms with E-state index in [1.54, 1.807) is 6.08 Å². The zero-order chi connectivity index (χ0) is 32.9. The van der Waals surface area contributed by atoms with Crippen LogP contribution in [0.4, 0.5) is 0 Å². The monoisotopic (exact) mass is 631 g/mol. The summed E-state index contributed by atoms with van der Waals surface area (Å²) in [5.74, 6) is 1.76. The molecule has 3 aromatic heterocycles. The second kappa shape index (κ2) is 11.6. The predicted octanol–water partition coefficient (Wildman–Crippen LogP) is 11.8. The Kier molecular flexibility index (Phi) is 6.76. The SMILES string of the molecule is C=C/C=C\c1cc(-c2nc(-c3ccc(-c4cccc5oc6ccccc6c45)cc3)nc(-c3ccc4c(c3)oc3ccccc34)n2)ccc1C. The summed E-state index contributed by atoms with van der Waals surface area (Å²) in [6.07, 6.45) is 5.76. The number of aromatic nitrogens is 3. The van der Waals surface area contributed by atoms with E-state index < -0.39 is 0 Å². The van der Waals surface area contributed by atoms with Gasteiger partial charge >= 0.3 is 0 Å². The van der Waals surface area contributed by atoms with E-state index >= 15 is 0 Å². The lowest BCUT2D eigenvalue weighted by atomic mass is 9.98. The van der Waals surface area contributed by atoms with Crippen molar-refractivity contribution < 1.29 is 8.83 Å². The Balaban J connectivity index is 1.18. The lowest BCUT2D eigenvalue weighted by molar-refractivity contribution is 0.668. The van der Waals surface area contributed by atoms with Crippen LogP contribution >= 0.6 is 0 Å². The average Bonchev–Trinajstić information content (AvgIpc) is 3.72. The molecule has 0 aliphatic carbocycles. The summed E-state index contributed by atoms with van der Waals surface area (Å²) < 4.78 is 12.4. The van der Waals surface area contributed by atoms with Crippen molar-refractivity contribution in [1.29, 1.82) is 0 Å². The Bertz CT molecular complexity index is 2750. The van der Waals surface area contributed by atoms with Gasteiger partial charge in [0.1, 0.15) is 22.3 Å². The van der Waals surface area contributed by atoms with Crippen LogP contribution < -0.4 is 0 Å². The molecular weight excluding hydrogens is 603 g/mol. The van der Waals surface area contributed by atoms with Crippen LogP contribution in [0.1, 0.15) is 11.1 Å². The number of rotatable bonds is 6. The van der Waals surface area contributed by atoms with Crippen molar-refractivity contribution in [3.63, 3.8) is 0 Å². The van der Waals surface area contributed by atoms with Crippen molar-refractivity contribution in [2.75, 3.05) is 0 Å². The molecule has 0 bridgehead atoms. The molecule has 49 heavy (non-hydrogen) atoms. The number of fused-ring (bicyclic) bond motifs is 6. The van der Waals surface area contributed by atoms with Crippen molar-refractivity contribution in [1.82, 2.24) is 15.0 Å². The molecule has 232 valence electrons. The van der Waals surface area contributed by atoms with Gasteiger partial charge in [0.25, 0.3) is 0 Å². The molecule has 9 aromatic rings. The van der Waals surface area contributed by atoms with Crippen molar-refractivity contribution in [3.8, 4) is 45.3 Å². The molecule has 3 heterocycles. The average molecular weight is 632 g/mol. The predicted molar refractivity (Wildman–Crippen MR) is 200 cm³/mol. The second-order valence-electron chi connectivity index (χ2n) is 12.1. The number of para-hydroxylation sites is 2. The van der Waals surface area contributed by atoms with Crippen molar-refractivity contribution in [2.45, 2.75) is 6.92 Å². The van der Waals surface area contributed by atoms with E-state index in [9.17, 15) is 0 Å². The molecule has 0 spiro atoms. The molecule has 0 saturated heterocycles. The molecule has 0 radical (unpaired) electrons. The second-order valence-corrected chi connectivity index (χ2v) is 12.1. The fourth-order valence-corrected chi connectivity index (χ4v) is 6.57. The van der Waals surface area contributed by atoms with Gasteiger partial charge in [-0.2, -0.15) is 0 Å². The van der Waals surface area contributed by atoms with Gasteiger partial charge in [0.05, 0.1) is 0 Å². The third-order valence-electron chi connectivity index (χ3n) is 9.08. The van der Waals surface area contributed by atoms with E-state index in [0.29, 0.717) is 17.5 Å². The molecule has 0 atom stereocenters. The number of aryl methyl sites for hydroxylation is 1. The number of nitrogens with zero attached hydrogens (tertiary/aromatic N) is 3. The third-order valence-corrected chi connectivity index (χ3v) is 9.08. The minimum atomic E-state index is 0.574. The Morgan fingerprint density at radius 1 is 0.510 bits per heavy atom. The summed E-state index contributed by atoms with van der Waals surface area (Å²) in [6, 6.07) is 43.3. The van der Waals surface area contributed by atoms with Crippen molar-refractivity contribution in [3.05, 3.63) is 157 Å². The number of hydrogen-bond donors (Lipinski definition) is 0. The van der Waals surface area contributed by atoms with E-state index in [0.717, 1.165) is 82.8 Å². The fraction of sp³-hybridized carbons (Fsp3) is 0.0227. The van der Waals surface area contributed by atoms with Crippen LogP contribution in [0, 0.1) is 6.92 Å². The van der Waals surface area contributed by atoms with Crippen LogP contribution in [0.25, 0.3) is 95.2 Å². The minimum absolute atomic E-state index is 0.574. The molecule has 6 aromatic carbocycles. The number of benzene rings is 6. The summed E-state index contributed by atoms with van der Waals surface area (Å²) in [6.45, 7) is 5.92. The Labute approximate surface area is 282 Å². The summed E-state index contributed by atoms with van der Waals surface area (Å²) in [5.41, 5.74) is 10.5. The van der Waals surface area contributed by atoms with Crippen LogP contribution in [0.2, 0.25) is 0 Å². The maximum absolute atomic E-state index is 6.22. The van der Waals surface area contributed by atoms with Gasteiger partial charge in [-0.05, 0) is 65.6 Å². The minimum Gasteiger partial charge on any atom is -0.456 e. The zero-order valence-corrected chi connectivity index (χ0v) is 26.7. The standard InChI is InChI=1S/C44H29N3O2/c1-3-4-10-30-25-31(18-17-27(30)2)43-45-42(46-44(47-43)32-23-24-35-34-11-5-7-14-37(34)49-40(35)26-32)29-21-19-28(20-22-29)33-13-9-16-39-41(33)36-12-6-8-15-38(36)48-39/h3-26H,1H2,2H3/b10-4-. The van der Waals surface area contributed by atoms with Crippen LogP contribution in [0.3, 0.4) is 0 Å². The van der Waals surface area contributed by atoms with E-state index in [1.807, 2.05) is 66.7 Å². The first-order valence-electron chi connectivity index (χ1n) is 16.2. The topological polar surface area (TPSA) is 65.0 Å². The molecule has 5 nitrogen and oxygen atoms in total. The van der Waals surface area contributed by atoms with Gasteiger partial charge in [0.15, 0.2) is 17.5 Å². The maximum Gasteiger partial charge on any atom is 0.164 e. The van der Waals surface area contributed by atoms with Crippen LogP contribution in [-0.4, -0.2) is 15.0 Å². The summed E-state index contributed by atoms with van der Waals surface area (Å²) in [7, 11) is 0. The van der Waals surface area contributed by atoms with E-state index in [1.165, 1.54) is 0 Å². The van der Waals surface area contributed by atoms with Gasteiger partial charge in [-0.3, -0.25) is 0 Å². The van der Waals surface area contributed by atoms with Gasteiger partial charge in [-0.25, -0.2) is 15.0 Å². The number of hydrogen-bond acceptors (Lipinski definition) is 5. The quantitative estimate of drug-likeness (QED) is 0.171. The van der Waals surface area contributed by atoms with Gasteiger partial charge < -0.3 is 8.83 Å². The number of furan rings is 2. The van der Waals surface area contributed by atoms with E-state index in [-0.39, 0.29) is 0 Å². The van der Waals surface area contributed by atoms with Crippen LogP contribution in [-0.2, 0) is 0 Å². The molecule has 5 heteroatoms. The highest BCUT2D eigenvalue weighted by Crippen LogP contribution is 2.37. The van der Waals surface area contributed by atoms with E-state index in [2.05, 4.69) is 86.3 Å². The van der Waals surface area contributed by atoms with Gasteiger partial charge in [0, 0.05) is 38.2 Å². The summed E-state index contributed by atoms with van der Waals surface area (Å²) >= 11 is 0. The molecular formula is C44H29N3O2. The summed E-state index contributed by atoms with van der Waals surface area (Å²) in [5, 5.41) is 4.35. The van der Waals surface area contributed by atoms with Crippen molar-refractivity contribution in [2.24, 2.45) is 0 Å². The molecule has 9 rings (SSSR count). The van der Waals surface area contributed by atoms with Gasteiger partial charge in [-0.1, -0.05) is 116 Å². The molecule has 0 amide bonds. The molecule has 0 N–H and O–H groups in total. The first-order valence-corrected chi connectivity index (χ1v) is 16.2. The lowest BCUT2D eigenvalue weighted by Crippen LogP contribution is -2.00. The first kappa shape index (κ1) is 28.6. The summed E-state index contributed by atoms with van der Waals surface area (Å²) in [4.78, 5) is 15.1. The highest BCUT2D eigenvalue weighted by molar-refractivity contribution is 6.12. The van der Waals surface area contributed by atoms with E-state index in [4.69, 9.17) is 23.8 Å². The zero-order valence-electron chi connectivity index (χ0n) is 26.7. The molecule has 0 unspecified atom stereocenters. The van der Waals surface area contributed by atoms with Crippen LogP contribution in [0.15, 0.2) is 155 Å².